The first kappa shape index (κ1) is 14.9. The van der Waals surface area contributed by atoms with Gasteiger partial charge in [0, 0.05) is 25.2 Å². The number of fused-ring (bicyclic) bond motifs is 1. The fourth-order valence-corrected chi connectivity index (χ4v) is 3.59. The fraction of sp³-hybridized carbons (Fsp3) is 0.625. The number of rotatable bonds is 3. The van der Waals surface area contributed by atoms with Crippen LogP contribution in [0.15, 0.2) is 24.3 Å². The van der Waals surface area contributed by atoms with E-state index in [0.29, 0.717) is 24.2 Å². The smallest absolute Gasteiger partial charge is 0.308 e. The molecule has 2 fully saturated rings. The minimum atomic E-state index is -4.26. The quantitative estimate of drug-likeness (QED) is 0.920. The van der Waals surface area contributed by atoms with Crippen LogP contribution in [0.1, 0.15) is 36.8 Å². The van der Waals surface area contributed by atoms with Crippen LogP contribution in [-0.4, -0.2) is 30.1 Å². The van der Waals surface area contributed by atoms with Crippen LogP contribution in [0.4, 0.5) is 13.2 Å². The van der Waals surface area contributed by atoms with Gasteiger partial charge in [-0.25, -0.2) is 0 Å². The van der Waals surface area contributed by atoms with Gasteiger partial charge in [-0.2, -0.15) is 13.2 Å². The maximum absolute atomic E-state index is 12.7. The van der Waals surface area contributed by atoms with Crippen LogP contribution in [0.3, 0.4) is 0 Å². The average Bonchev–Trinajstić information content (AvgIpc) is 2.88. The van der Waals surface area contributed by atoms with Gasteiger partial charge in [-0.1, -0.05) is 24.6 Å². The Morgan fingerprint density at radius 2 is 2.00 bits per heavy atom. The summed E-state index contributed by atoms with van der Waals surface area (Å²) in [6.07, 6.45) is 0.590. The molecular weight excluding hydrogens is 277 g/mol. The number of nitrogens with one attached hydrogen (secondary N) is 1. The van der Waals surface area contributed by atoms with E-state index in [1.54, 1.807) is 6.07 Å². The maximum Gasteiger partial charge on any atom is 0.416 e. The highest BCUT2D eigenvalue weighted by atomic mass is 19.4. The van der Waals surface area contributed by atoms with Crippen molar-refractivity contribution in [3.8, 4) is 0 Å². The van der Waals surface area contributed by atoms with Crippen molar-refractivity contribution in [1.29, 1.82) is 0 Å². The van der Waals surface area contributed by atoms with Crippen LogP contribution >= 0.6 is 0 Å². The van der Waals surface area contributed by atoms with E-state index < -0.39 is 11.7 Å². The summed E-state index contributed by atoms with van der Waals surface area (Å²) in [6.45, 7) is 2.80. The molecule has 1 N–H and O–H groups in total. The number of piperidine rings is 1. The zero-order chi connectivity index (χ0) is 14.9. The maximum atomic E-state index is 12.7. The predicted octanol–water partition coefficient (Wildman–Crippen LogP) is 3.42. The molecule has 0 radical (unpaired) electrons. The minimum Gasteiger partial charge on any atom is -0.308 e. The molecule has 0 amide bonds. The zero-order valence-electron chi connectivity index (χ0n) is 12.0. The van der Waals surface area contributed by atoms with E-state index >= 15 is 0 Å². The monoisotopic (exact) mass is 298 g/mol. The second-order valence-electron chi connectivity index (χ2n) is 6.07. The number of benzene rings is 1. The second kappa shape index (κ2) is 5.97. The minimum absolute atomic E-state index is 0.417. The van der Waals surface area contributed by atoms with Gasteiger partial charge < -0.3 is 5.32 Å². The molecule has 2 nitrogen and oxygen atoms in total. The van der Waals surface area contributed by atoms with Crippen molar-refractivity contribution in [1.82, 2.24) is 10.2 Å². The molecule has 2 atom stereocenters. The second-order valence-corrected chi connectivity index (χ2v) is 6.07. The van der Waals surface area contributed by atoms with Crippen molar-refractivity contribution >= 4 is 0 Å². The van der Waals surface area contributed by atoms with E-state index in [1.165, 1.54) is 37.9 Å². The highest BCUT2D eigenvalue weighted by molar-refractivity contribution is 5.25. The van der Waals surface area contributed by atoms with Gasteiger partial charge in [0.2, 0.25) is 0 Å². The van der Waals surface area contributed by atoms with E-state index in [1.807, 2.05) is 0 Å². The molecule has 116 valence electrons. The number of alkyl halides is 3. The molecule has 2 heterocycles. The third kappa shape index (κ3) is 3.40. The SMILES string of the molecule is FC(F)(F)c1cccc(CNC2CCN3CCCCC23)c1. The Kier molecular flexibility index (Phi) is 4.22. The van der Waals surface area contributed by atoms with Crippen LogP contribution in [0.5, 0.6) is 0 Å². The van der Waals surface area contributed by atoms with E-state index in [-0.39, 0.29) is 0 Å². The number of halogens is 3. The Balaban J connectivity index is 1.60. The van der Waals surface area contributed by atoms with Gasteiger partial charge in [-0.3, -0.25) is 4.90 Å². The molecule has 2 unspecified atom stereocenters. The van der Waals surface area contributed by atoms with Gasteiger partial charge in [0.15, 0.2) is 0 Å². The Hall–Kier alpha value is -1.07. The highest BCUT2D eigenvalue weighted by Crippen LogP contribution is 2.30. The molecule has 3 rings (SSSR count). The summed E-state index contributed by atoms with van der Waals surface area (Å²) >= 11 is 0. The summed E-state index contributed by atoms with van der Waals surface area (Å²) in [6, 6.07) is 6.61. The lowest BCUT2D eigenvalue weighted by Gasteiger charge is -2.32. The summed E-state index contributed by atoms with van der Waals surface area (Å²) in [5.41, 5.74) is 0.145. The van der Waals surface area contributed by atoms with Crippen LogP contribution in [-0.2, 0) is 12.7 Å². The molecule has 5 heteroatoms. The Morgan fingerprint density at radius 3 is 2.81 bits per heavy atom. The van der Waals surface area contributed by atoms with Gasteiger partial charge in [-0.05, 0) is 37.4 Å². The fourth-order valence-electron chi connectivity index (χ4n) is 3.59. The van der Waals surface area contributed by atoms with E-state index in [4.69, 9.17) is 0 Å². The molecule has 1 aromatic rings. The van der Waals surface area contributed by atoms with Gasteiger partial charge >= 0.3 is 6.18 Å². The lowest BCUT2D eigenvalue weighted by molar-refractivity contribution is -0.137. The summed E-state index contributed by atoms with van der Waals surface area (Å²) in [4.78, 5) is 2.52. The third-order valence-electron chi connectivity index (χ3n) is 4.68. The molecular formula is C16H21F3N2. The molecule has 21 heavy (non-hydrogen) atoms. The highest BCUT2D eigenvalue weighted by Gasteiger charge is 2.35. The number of nitrogens with zero attached hydrogens (tertiary/aromatic N) is 1. The van der Waals surface area contributed by atoms with Gasteiger partial charge in [0.05, 0.1) is 5.56 Å². The lowest BCUT2D eigenvalue weighted by Crippen LogP contribution is -2.44. The van der Waals surface area contributed by atoms with Crippen molar-refractivity contribution in [3.05, 3.63) is 35.4 Å². The Morgan fingerprint density at radius 1 is 1.14 bits per heavy atom. The van der Waals surface area contributed by atoms with E-state index in [0.717, 1.165) is 19.0 Å². The molecule has 2 aliphatic rings. The molecule has 1 aromatic carbocycles. The van der Waals surface area contributed by atoms with Crippen molar-refractivity contribution in [2.24, 2.45) is 0 Å². The first-order valence-corrected chi connectivity index (χ1v) is 7.67. The summed E-state index contributed by atoms with van der Waals surface area (Å²) in [5, 5.41) is 3.47. The molecule has 2 aliphatic heterocycles. The standard InChI is InChI=1S/C16H21F3N2/c17-16(18,19)13-5-3-4-12(10-13)11-20-14-7-9-21-8-2-1-6-15(14)21/h3-5,10,14-15,20H,1-2,6-9,11H2. The molecule has 0 spiro atoms. The molecule has 0 aliphatic carbocycles. The van der Waals surface area contributed by atoms with Crippen molar-refractivity contribution < 1.29 is 13.2 Å². The van der Waals surface area contributed by atoms with Crippen LogP contribution in [0, 0.1) is 0 Å². The van der Waals surface area contributed by atoms with E-state index in [9.17, 15) is 13.2 Å². The van der Waals surface area contributed by atoms with Crippen LogP contribution < -0.4 is 5.32 Å². The average molecular weight is 298 g/mol. The Labute approximate surface area is 123 Å². The molecule has 0 bridgehead atoms. The Bertz CT molecular complexity index is 487. The van der Waals surface area contributed by atoms with Crippen LogP contribution in [0.25, 0.3) is 0 Å². The summed E-state index contributed by atoms with van der Waals surface area (Å²) in [7, 11) is 0. The van der Waals surface area contributed by atoms with Crippen molar-refractivity contribution in [2.75, 3.05) is 13.1 Å². The topological polar surface area (TPSA) is 15.3 Å². The summed E-state index contributed by atoms with van der Waals surface area (Å²) in [5.74, 6) is 0. The normalized spacial score (nSPS) is 26.8. The summed E-state index contributed by atoms with van der Waals surface area (Å²) < 4.78 is 38.1. The largest absolute Gasteiger partial charge is 0.416 e. The van der Waals surface area contributed by atoms with Gasteiger partial charge in [0.1, 0.15) is 0 Å². The molecule has 0 saturated carbocycles. The van der Waals surface area contributed by atoms with Crippen LogP contribution in [0.2, 0.25) is 0 Å². The molecule has 2 saturated heterocycles. The first-order valence-electron chi connectivity index (χ1n) is 7.67. The predicted molar refractivity (Wildman–Crippen MR) is 75.9 cm³/mol. The van der Waals surface area contributed by atoms with Gasteiger partial charge in [0.25, 0.3) is 0 Å². The van der Waals surface area contributed by atoms with Crippen molar-refractivity contribution in [2.45, 2.75) is 50.5 Å². The van der Waals surface area contributed by atoms with E-state index in [2.05, 4.69) is 10.2 Å². The van der Waals surface area contributed by atoms with Crippen molar-refractivity contribution in [3.63, 3.8) is 0 Å². The first-order chi connectivity index (χ1) is 10.0. The number of hydrogen-bond donors (Lipinski definition) is 1. The van der Waals surface area contributed by atoms with Gasteiger partial charge in [-0.15, -0.1) is 0 Å². The zero-order valence-corrected chi connectivity index (χ0v) is 12.0. The molecule has 0 aromatic heterocycles. The lowest BCUT2D eigenvalue weighted by atomic mass is 9.99. The number of hydrogen-bond acceptors (Lipinski definition) is 2. The third-order valence-corrected chi connectivity index (χ3v) is 4.68.